The first kappa shape index (κ1) is 9.56. The number of hydrogen-bond acceptors (Lipinski definition) is 2. The first-order valence-electron chi connectivity index (χ1n) is 5.50. The van der Waals surface area contributed by atoms with Crippen LogP contribution in [0.5, 0.6) is 0 Å². The van der Waals surface area contributed by atoms with E-state index in [0.29, 0.717) is 11.2 Å². The molecule has 0 radical (unpaired) electrons. The zero-order valence-electron chi connectivity index (χ0n) is 9.06. The molecule has 1 fully saturated rings. The number of H-pyrrole nitrogens is 1. The fraction of sp³-hybridized carbons (Fsp3) is 0.727. The van der Waals surface area contributed by atoms with Gasteiger partial charge in [-0.15, -0.1) is 0 Å². The Morgan fingerprint density at radius 2 is 2.07 bits per heavy atom. The lowest BCUT2D eigenvalue weighted by Crippen LogP contribution is -2.22. The maximum absolute atomic E-state index is 5.78. The van der Waals surface area contributed by atoms with Crippen LogP contribution < -0.4 is 5.73 Å². The predicted molar refractivity (Wildman–Crippen MR) is 58.2 cm³/mol. The largest absolute Gasteiger partial charge is 0.382 e. The maximum atomic E-state index is 5.78. The molecule has 0 atom stereocenters. The summed E-state index contributed by atoms with van der Waals surface area (Å²) < 4.78 is 0. The van der Waals surface area contributed by atoms with Crippen LogP contribution in [0, 0.1) is 6.92 Å². The molecule has 3 heteroatoms. The van der Waals surface area contributed by atoms with E-state index in [4.69, 9.17) is 5.73 Å². The molecule has 1 aliphatic carbocycles. The molecule has 1 aromatic rings. The summed E-state index contributed by atoms with van der Waals surface area (Å²) >= 11 is 0. The average Bonchev–Trinajstić information content (AvgIpc) is 2.77. The second kappa shape index (κ2) is 3.30. The zero-order valence-corrected chi connectivity index (χ0v) is 9.06. The van der Waals surface area contributed by atoms with Crippen LogP contribution in [0.3, 0.4) is 0 Å². The van der Waals surface area contributed by atoms with Gasteiger partial charge in [0.05, 0.1) is 0 Å². The molecular formula is C11H19N3. The normalized spacial score (nSPS) is 20.1. The lowest BCUT2D eigenvalue weighted by atomic mass is 9.78. The van der Waals surface area contributed by atoms with Crippen LogP contribution in [0.4, 0.5) is 5.82 Å². The van der Waals surface area contributed by atoms with Crippen LogP contribution >= 0.6 is 0 Å². The monoisotopic (exact) mass is 193 g/mol. The highest BCUT2D eigenvalue weighted by Gasteiger charge is 2.36. The van der Waals surface area contributed by atoms with E-state index in [-0.39, 0.29) is 0 Å². The molecule has 1 saturated carbocycles. The highest BCUT2D eigenvalue weighted by molar-refractivity contribution is 5.44. The lowest BCUT2D eigenvalue weighted by molar-refractivity contribution is 0.409. The van der Waals surface area contributed by atoms with Crippen molar-refractivity contribution in [2.75, 3.05) is 5.73 Å². The van der Waals surface area contributed by atoms with Gasteiger partial charge in [-0.2, -0.15) is 5.10 Å². The van der Waals surface area contributed by atoms with E-state index in [0.717, 1.165) is 5.56 Å². The van der Waals surface area contributed by atoms with Gasteiger partial charge >= 0.3 is 0 Å². The van der Waals surface area contributed by atoms with E-state index < -0.39 is 0 Å². The Balaban J connectivity index is 2.40. The number of nitrogen functional groups attached to an aromatic ring is 1. The summed E-state index contributed by atoms with van der Waals surface area (Å²) in [5.74, 6) is 0.666. The highest BCUT2D eigenvalue weighted by Crippen LogP contribution is 2.44. The van der Waals surface area contributed by atoms with E-state index in [9.17, 15) is 0 Å². The minimum absolute atomic E-state index is 0.342. The molecule has 0 saturated heterocycles. The number of nitrogens with zero attached hydrogens (tertiary/aromatic N) is 1. The number of aromatic amines is 1. The number of rotatable bonds is 2. The molecule has 0 aliphatic heterocycles. The van der Waals surface area contributed by atoms with E-state index in [1.165, 1.54) is 37.8 Å². The molecular weight excluding hydrogens is 174 g/mol. The van der Waals surface area contributed by atoms with Crippen molar-refractivity contribution in [3.05, 3.63) is 11.3 Å². The number of nitrogens with two attached hydrogens (primary N) is 1. The summed E-state index contributed by atoms with van der Waals surface area (Å²) in [6, 6.07) is 0. The molecule has 0 amide bonds. The molecule has 1 aliphatic rings. The van der Waals surface area contributed by atoms with Crippen LogP contribution in [0.1, 0.15) is 50.3 Å². The van der Waals surface area contributed by atoms with Gasteiger partial charge in [0.2, 0.25) is 0 Å². The van der Waals surface area contributed by atoms with Crippen LogP contribution in [0.25, 0.3) is 0 Å². The van der Waals surface area contributed by atoms with Crippen molar-refractivity contribution >= 4 is 5.82 Å². The van der Waals surface area contributed by atoms with Crippen LogP contribution in [0.2, 0.25) is 0 Å². The van der Waals surface area contributed by atoms with Crippen LogP contribution in [-0.2, 0) is 5.41 Å². The first-order valence-corrected chi connectivity index (χ1v) is 5.50. The van der Waals surface area contributed by atoms with Crippen molar-refractivity contribution < 1.29 is 0 Å². The Hall–Kier alpha value is -0.990. The summed E-state index contributed by atoms with van der Waals surface area (Å²) in [7, 11) is 0. The number of anilines is 1. The minimum Gasteiger partial charge on any atom is -0.382 e. The standard InChI is InChI=1S/C11H19N3/c1-3-11(6-4-5-7-11)9-8(2)10(12)14-13-9/h3-7H2,1-2H3,(H3,12,13,14). The molecule has 2 rings (SSSR count). The second-order valence-electron chi connectivity index (χ2n) is 4.45. The highest BCUT2D eigenvalue weighted by atomic mass is 15.2. The lowest BCUT2D eigenvalue weighted by Gasteiger charge is -2.26. The molecule has 0 aromatic carbocycles. The third kappa shape index (κ3) is 1.22. The summed E-state index contributed by atoms with van der Waals surface area (Å²) in [5, 5.41) is 7.24. The molecule has 3 nitrogen and oxygen atoms in total. The summed E-state index contributed by atoms with van der Waals surface area (Å²) in [6.07, 6.45) is 6.44. The number of nitrogens with one attached hydrogen (secondary N) is 1. The SMILES string of the molecule is CCC1(c2[nH]nc(N)c2C)CCCC1. The van der Waals surface area contributed by atoms with Crippen molar-refractivity contribution in [2.24, 2.45) is 0 Å². The van der Waals surface area contributed by atoms with Gasteiger partial charge in [-0.1, -0.05) is 19.8 Å². The smallest absolute Gasteiger partial charge is 0.148 e. The van der Waals surface area contributed by atoms with Gasteiger partial charge in [0.1, 0.15) is 5.82 Å². The van der Waals surface area contributed by atoms with Crippen molar-refractivity contribution in [3.63, 3.8) is 0 Å². The molecule has 78 valence electrons. The third-order valence-electron chi connectivity index (χ3n) is 3.82. The quantitative estimate of drug-likeness (QED) is 0.758. The van der Waals surface area contributed by atoms with E-state index in [1.54, 1.807) is 0 Å². The Kier molecular flexibility index (Phi) is 2.25. The Morgan fingerprint density at radius 3 is 2.50 bits per heavy atom. The van der Waals surface area contributed by atoms with E-state index >= 15 is 0 Å². The minimum atomic E-state index is 0.342. The average molecular weight is 193 g/mol. The molecule has 0 bridgehead atoms. The molecule has 0 unspecified atom stereocenters. The van der Waals surface area contributed by atoms with E-state index in [1.807, 2.05) is 0 Å². The van der Waals surface area contributed by atoms with Gasteiger partial charge in [0, 0.05) is 16.7 Å². The Morgan fingerprint density at radius 1 is 1.43 bits per heavy atom. The summed E-state index contributed by atoms with van der Waals surface area (Å²) in [5.41, 5.74) is 8.57. The van der Waals surface area contributed by atoms with Gasteiger partial charge in [-0.05, 0) is 26.2 Å². The summed E-state index contributed by atoms with van der Waals surface area (Å²) in [4.78, 5) is 0. The topological polar surface area (TPSA) is 54.7 Å². The van der Waals surface area contributed by atoms with Crippen LogP contribution in [0.15, 0.2) is 0 Å². The van der Waals surface area contributed by atoms with Gasteiger partial charge < -0.3 is 5.73 Å². The third-order valence-corrected chi connectivity index (χ3v) is 3.82. The van der Waals surface area contributed by atoms with Crippen molar-refractivity contribution in [3.8, 4) is 0 Å². The predicted octanol–water partition coefficient (Wildman–Crippen LogP) is 2.52. The molecule has 3 N–H and O–H groups in total. The molecule has 14 heavy (non-hydrogen) atoms. The van der Waals surface area contributed by atoms with Crippen molar-refractivity contribution in [1.29, 1.82) is 0 Å². The summed E-state index contributed by atoms with van der Waals surface area (Å²) in [6.45, 7) is 4.34. The molecule has 1 aromatic heterocycles. The zero-order chi connectivity index (χ0) is 10.2. The molecule has 0 spiro atoms. The van der Waals surface area contributed by atoms with Gasteiger partial charge in [0.15, 0.2) is 0 Å². The van der Waals surface area contributed by atoms with E-state index in [2.05, 4.69) is 24.0 Å². The molecule has 1 heterocycles. The van der Waals surface area contributed by atoms with Crippen molar-refractivity contribution in [2.45, 2.75) is 51.4 Å². The number of hydrogen-bond donors (Lipinski definition) is 2. The van der Waals surface area contributed by atoms with Crippen molar-refractivity contribution in [1.82, 2.24) is 10.2 Å². The fourth-order valence-corrected chi connectivity index (χ4v) is 2.76. The number of aromatic nitrogens is 2. The Bertz CT molecular complexity index is 321. The second-order valence-corrected chi connectivity index (χ2v) is 4.45. The van der Waals surface area contributed by atoms with Crippen LogP contribution in [-0.4, -0.2) is 10.2 Å². The first-order chi connectivity index (χ1) is 6.69. The maximum Gasteiger partial charge on any atom is 0.148 e. The van der Waals surface area contributed by atoms with Gasteiger partial charge in [0.25, 0.3) is 0 Å². The van der Waals surface area contributed by atoms with Gasteiger partial charge in [-0.3, -0.25) is 5.10 Å². The fourth-order valence-electron chi connectivity index (χ4n) is 2.76. The Labute approximate surface area is 85.1 Å². The van der Waals surface area contributed by atoms with Gasteiger partial charge in [-0.25, -0.2) is 0 Å².